The third kappa shape index (κ3) is 6.16. The van der Waals surface area contributed by atoms with Crippen molar-refractivity contribution in [1.29, 1.82) is 5.26 Å². The summed E-state index contributed by atoms with van der Waals surface area (Å²) >= 11 is 0. The molecule has 0 bridgehead atoms. The molecule has 0 fully saturated rings. The molecule has 0 aliphatic heterocycles. The summed E-state index contributed by atoms with van der Waals surface area (Å²) in [5.41, 5.74) is 4.14. The summed E-state index contributed by atoms with van der Waals surface area (Å²) in [6.45, 7) is 2.60. The van der Waals surface area contributed by atoms with Crippen LogP contribution in [0.3, 0.4) is 0 Å². The Kier molecular flexibility index (Phi) is 7.93. The first-order chi connectivity index (χ1) is 15.6. The molecule has 0 aliphatic rings. The molecule has 32 heavy (non-hydrogen) atoms. The number of benzene rings is 2. The fraction of sp³-hybridized carbons (Fsp3) is 0.200. The number of hydrogen-bond donors (Lipinski definition) is 3. The van der Waals surface area contributed by atoms with Crippen LogP contribution in [0.4, 0.5) is 4.79 Å². The normalized spacial score (nSPS) is 11.1. The van der Waals surface area contributed by atoms with Gasteiger partial charge < -0.3 is 16.0 Å². The molecule has 0 radical (unpaired) electrons. The first-order valence-electron chi connectivity index (χ1n) is 10.4. The van der Waals surface area contributed by atoms with Crippen LogP contribution in [0.5, 0.6) is 0 Å². The molecule has 0 saturated carbocycles. The van der Waals surface area contributed by atoms with Crippen LogP contribution in [-0.4, -0.2) is 29.5 Å². The summed E-state index contributed by atoms with van der Waals surface area (Å²) < 4.78 is 0. The van der Waals surface area contributed by atoms with Crippen LogP contribution in [0, 0.1) is 11.3 Å². The lowest BCUT2D eigenvalue weighted by Gasteiger charge is -2.19. The summed E-state index contributed by atoms with van der Waals surface area (Å²) in [6, 6.07) is 19.8. The first kappa shape index (κ1) is 22.5. The second-order valence-corrected chi connectivity index (χ2v) is 7.19. The Morgan fingerprint density at radius 1 is 1.00 bits per heavy atom. The topological polar surface area (TPSA) is 107 Å². The summed E-state index contributed by atoms with van der Waals surface area (Å²) in [4.78, 5) is 29.0. The Morgan fingerprint density at radius 2 is 1.78 bits per heavy atom. The zero-order chi connectivity index (χ0) is 22.8. The zero-order valence-corrected chi connectivity index (χ0v) is 17.8. The highest BCUT2D eigenvalue weighted by atomic mass is 16.2. The van der Waals surface area contributed by atoms with E-state index in [4.69, 9.17) is 0 Å². The minimum Gasteiger partial charge on any atom is -0.350 e. The molecule has 7 heteroatoms. The van der Waals surface area contributed by atoms with Gasteiger partial charge in [-0.3, -0.25) is 9.78 Å². The summed E-state index contributed by atoms with van der Waals surface area (Å²) in [6.07, 6.45) is 3.68. The van der Waals surface area contributed by atoms with Gasteiger partial charge >= 0.3 is 6.03 Å². The van der Waals surface area contributed by atoms with E-state index in [9.17, 15) is 14.9 Å². The van der Waals surface area contributed by atoms with Crippen molar-refractivity contribution in [2.75, 3.05) is 6.54 Å². The Morgan fingerprint density at radius 3 is 2.47 bits per heavy atom. The van der Waals surface area contributed by atoms with Crippen molar-refractivity contribution in [3.05, 3.63) is 89.7 Å². The van der Waals surface area contributed by atoms with Crippen LogP contribution in [0.2, 0.25) is 0 Å². The summed E-state index contributed by atoms with van der Waals surface area (Å²) in [5, 5.41) is 17.6. The number of amides is 3. The van der Waals surface area contributed by atoms with Crippen LogP contribution < -0.4 is 16.0 Å². The second kappa shape index (κ2) is 11.3. The van der Waals surface area contributed by atoms with Gasteiger partial charge in [-0.05, 0) is 41.3 Å². The van der Waals surface area contributed by atoms with Crippen molar-refractivity contribution >= 4 is 11.9 Å². The highest BCUT2D eigenvalue weighted by Crippen LogP contribution is 2.23. The average Bonchev–Trinajstić information content (AvgIpc) is 2.83. The maximum Gasteiger partial charge on any atom is 0.315 e. The van der Waals surface area contributed by atoms with E-state index in [0.717, 1.165) is 22.3 Å². The van der Waals surface area contributed by atoms with Gasteiger partial charge in [-0.1, -0.05) is 48.5 Å². The molecule has 1 heterocycles. The molecule has 0 spiro atoms. The first-order valence-corrected chi connectivity index (χ1v) is 10.4. The van der Waals surface area contributed by atoms with Gasteiger partial charge in [-0.15, -0.1) is 0 Å². The van der Waals surface area contributed by atoms with E-state index < -0.39 is 12.1 Å². The number of carbonyl (C=O) groups is 2. The van der Waals surface area contributed by atoms with Crippen LogP contribution in [0.25, 0.3) is 11.1 Å². The van der Waals surface area contributed by atoms with Gasteiger partial charge in [0.25, 0.3) is 0 Å². The molecule has 1 unspecified atom stereocenters. The van der Waals surface area contributed by atoms with Gasteiger partial charge in [-0.2, -0.15) is 5.26 Å². The highest BCUT2D eigenvalue weighted by Gasteiger charge is 2.21. The molecular formula is C25H25N5O2. The van der Waals surface area contributed by atoms with E-state index in [1.54, 1.807) is 24.5 Å². The smallest absolute Gasteiger partial charge is 0.315 e. The number of nitriles is 1. The van der Waals surface area contributed by atoms with E-state index in [1.807, 2.05) is 55.5 Å². The van der Waals surface area contributed by atoms with Crippen LogP contribution in [-0.2, 0) is 17.8 Å². The molecule has 3 aromatic rings. The molecule has 162 valence electrons. The molecule has 3 rings (SSSR count). The molecule has 1 atom stereocenters. The number of urea groups is 1. The SMILES string of the molecule is CCNC(=O)NC(Cc1ccc(-c2ccccc2C#N)cc1)C(=O)NCc1cccnc1. The van der Waals surface area contributed by atoms with Gasteiger partial charge in [0.1, 0.15) is 6.04 Å². The molecule has 7 nitrogen and oxygen atoms in total. The van der Waals surface area contributed by atoms with Crippen molar-refractivity contribution in [1.82, 2.24) is 20.9 Å². The lowest BCUT2D eigenvalue weighted by molar-refractivity contribution is -0.123. The number of nitrogens with one attached hydrogen (secondary N) is 3. The number of pyridine rings is 1. The molecule has 0 aliphatic carbocycles. The number of rotatable bonds is 8. The average molecular weight is 428 g/mol. The molecule has 1 aromatic heterocycles. The third-order valence-electron chi connectivity index (χ3n) is 4.90. The number of nitrogens with zero attached hydrogens (tertiary/aromatic N) is 2. The van der Waals surface area contributed by atoms with Crippen molar-refractivity contribution < 1.29 is 9.59 Å². The maximum absolute atomic E-state index is 12.8. The van der Waals surface area contributed by atoms with Crippen molar-refractivity contribution in [2.24, 2.45) is 0 Å². The molecular weight excluding hydrogens is 402 g/mol. The third-order valence-corrected chi connectivity index (χ3v) is 4.90. The molecule has 3 amide bonds. The fourth-order valence-electron chi connectivity index (χ4n) is 3.28. The minimum atomic E-state index is -0.740. The standard InChI is InChI=1S/C25H25N5O2/c1-2-28-25(32)30-23(24(31)29-17-19-6-5-13-27-16-19)14-18-9-11-20(12-10-18)22-8-4-3-7-21(22)15-26/h3-13,16,23H,2,14,17H2,1H3,(H,29,31)(H2,28,30,32). The van der Waals surface area contributed by atoms with E-state index in [2.05, 4.69) is 27.0 Å². The van der Waals surface area contributed by atoms with Crippen LogP contribution in [0.1, 0.15) is 23.6 Å². The maximum atomic E-state index is 12.8. The molecule has 3 N–H and O–H groups in total. The Hall–Kier alpha value is -4.18. The van der Waals surface area contributed by atoms with Crippen LogP contribution in [0.15, 0.2) is 73.1 Å². The Labute approximate surface area is 187 Å². The van der Waals surface area contributed by atoms with Gasteiger partial charge in [-0.25, -0.2) is 4.79 Å². The fourth-order valence-corrected chi connectivity index (χ4v) is 3.28. The predicted octanol–water partition coefficient (Wildman–Crippen LogP) is 3.17. The van der Waals surface area contributed by atoms with Crippen molar-refractivity contribution in [3.8, 4) is 17.2 Å². The number of hydrogen-bond acceptors (Lipinski definition) is 4. The monoisotopic (exact) mass is 427 g/mol. The number of aromatic nitrogens is 1. The predicted molar refractivity (Wildman–Crippen MR) is 122 cm³/mol. The van der Waals surface area contributed by atoms with Gasteiger partial charge in [0, 0.05) is 31.9 Å². The number of carbonyl (C=O) groups excluding carboxylic acids is 2. The largest absolute Gasteiger partial charge is 0.350 e. The van der Waals surface area contributed by atoms with Crippen LogP contribution >= 0.6 is 0 Å². The molecule has 2 aromatic carbocycles. The van der Waals surface area contributed by atoms with E-state index >= 15 is 0 Å². The second-order valence-electron chi connectivity index (χ2n) is 7.19. The Balaban J connectivity index is 1.72. The summed E-state index contributed by atoms with van der Waals surface area (Å²) in [7, 11) is 0. The van der Waals surface area contributed by atoms with E-state index in [1.165, 1.54) is 0 Å². The molecule has 0 saturated heterocycles. The van der Waals surface area contributed by atoms with Gasteiger partial charge in [0.05, 0.1) is 11.6 Å². The van der Waals surface area contributed by atoms with E-state index in [0.29, 0.717) is 25.1 Å². The lowest BCUT2D eigenvalue weighted by Crippen LogP contribution is -2.50. The van der Waals surface area contributed by atoms with Gasteiger partial charge in [0.2, 0.25) is 5.91 Å². The zero-order valence-electron chi connectivity index (χ0n) is 17.8. The van der Waals surface area contributed by atoms with Crippen molar-refractivity contribution in [2.45, 2.75) is 25.9 Å². The quantitative estimate of drug-likeness (QED) is 0.513. The van der Waals surface area contributed by atoms with Crippen molar-refractivity contribution in [3.63, 3.8) is 0 Å². The van der Waals surface area contributed by atoms with Gasteiger partial charge in [0.15, 0.2) is 0 Å². The highest BCUT2D eigenvalue weighted by molar-refractivity contribution is 5.87. The Bertz CT molecular complexity index is 1090. The minimum absolute atomic E-state index is 0.279. The van der Waals surface area contributed by atoms with E-state index in [-0.39, 0.29) is 5.91 Å². The lowest BCUT2D eigenvalue weighted by atomic mass is 9.97. The summed E-state index contributed by atoms with van der Waals surface area (Å²) in [5.74, 6) is -0.279.